The molecule has 0 bridgehead atoms. The molecule has 1 saturated carbocycles. The lowest BCUT2D eigenvalue weighted by Crippen LogP contribution is -2.46. The molecule has 1 atom stereocenters. The Morgan fingerprint density at radius 3 is 2.24 bits per heavy atom. The van der Waals surface area contributed by atoms with Crippen molar-refractivity contribution in [3.05, 3.63) is 0 Å². The molecule has 1 aliphatic carbocycles. The Morgan fingerprint density at radius 2 is 1.76 bits per heavy atom. The molecule has 0 aromatic carbocycles. The quantitative estimate of drug-likeness (QED) is 0.748. The standard InChI is InChI=1S/C15H32N2/c1-12(2)14(10-16)17-11-15(3,4)13-8-6-5-7-9-13/h12-14,17H,5-11,16H2,1-4H3. The molecule has 17 heavy (non-hydrogen) atoms. The first-order valence-electron chi connectivity index (χ1n) is 7.41. The summed E-state index contributed by atoms with van der Waals surface area (Å²) < 4.78 is 0. The minimum absolute atomic E-state index is 0.419. The Balaban J connectivity index is 2.41. The van der Waals surface area contributed by atoms with E-state index in [0.717, 1.165) is 19.0 Å². The van der Waals surface area contributed by atoms with Crippen LogP contribution in [0.2, 0.25) is 0 Å². The highest BCUT2D eigenvalue weighted by atomic mass is 14.9. The molecule has 0 amide bonds. The highest BCUT2D eigenvalue weighted by Gasteiger charge is 2.30. The Hall–Kier alpha value is -0.0800. The van der Waals surface area contributed by atoms with E-state index in [2.05, 4.69) is 33.0 Å². The third-order valence-electron chi connectivity index (χ3n) is 4.59. The first-order chi connectivity index (χ1) is 7.97. The molecule has 2 nitrogen and oxygen atoms in total. The zero-order valence-electron chi connectivity index (χ0n) is 12.3. The van der Waals surface area contributed by atoms with Gasteiger partial charge in [-0.05, 0) is 30.1 Å². The van der Waals surface area contributed by atoms with Gasteiger partial charge >= 0.3 is 0 Å². The van der Waals surface area contributed by atoms with E-state index in [-0.39, 0.29) is 0 Å². The Bertz CT molecular complexity index is 205. The fourth-order valence-electron chi connectivity index (χ4n) is 3.01. The maximum atomic E-state index is 5.82. The van der Waals surface area contributed by atoms with Crippen LogP contribution in [0.1, 0.15) is 59.8 Å². The van der Waals surface area contributed by atoms with Crippen molar-refractivity contribution in [3.8, 4) is 0 Å². The molecule has 102 valence electrons. The number of nitrogens with two attached hydrogens (primary N) is 1. The van der Waals surface area contributed by atoms with Gasteiger partial charge in [-0.25, -0.2) is 0 Å². The van der Waals surface area contributed by atoms with Gasteiger partial charge in [0.2, 0.25) is 0 Å². The summed E-state index contributed by atoms with van der Waals surface area (Å²) in [5.41, 5.74) is 6.24. The van der Waals surface area contributed by atoms with Crippen molar-refractivity contribution in [2.45, 2.75) is 65.8 Å². The van der Waals surface area contributed by atoms with Gasteiger partial charge in [0.15, 0.2) is 0 Å². The lowest BCUT2D eigenvalue weighted by atomic mass is 9.71. The van der Waals surface area contributed by atoms with Crippen molar-refractivity contribution in [3.63, 3.8) is 0 Å². The minimum atomic E-state index is 0.419. The van der Waals surface area contributed by atoms with Crippen LogP contribution in [0.25, 0.3) is 0 Å². The summed E-state index contributed by atoms with van der Waals surface area (Å²) in [6, 6.07) is 0.470. The molecule has 2 heteroatoms. The van der Waals surface area contributed by atoms with Gasteiger partial charge in [-0.3, -0.25) is 0 Å². The Labute approximate surface area is 108 Å². The average molecular weight is 240 g/mol. The van der Waals surface area contributed by atoms with Gasteiger partial charge in [-0.15, -0.1) is 0 Å². The summed E-state index contributed by atoms with van der Waals surface area (Å²) in [5.74, 6) is 1.52. The lowest BCUT2D eigenvalue weighted by Gasteiger charge is -2.38. The minimum Gasteiger partial charge on any atom is -0.329 e. The van der Waals surface area contributed by atoms with E-state index in [1.165, 1.54) is 32.1 Å². The lowest BCUT2D eigenvalue weighted by molar-refractivity contribution is 0.146. The summed E-state index contributed by atoms with van der Waals surface area (Å²) in [6.45, 7) is 11.2. The van der Waals surface area contributed by atoms with Crippen LogP contribution in [0.15, 0.2) is 0 Å². The predicted octanol–water partition coefficient (Wildman–Crippen LogP) is 3.17. The van der Waals surface area contributed by atoms with Gasteiger partial charge in [-0.2, -0.15) is 0 Å². The highest BCUT2D eigenvalue weighted by Crippen LogP contribution is 2.37. The SMILES string of the molecule is CC(C)C(CN)NCC(C)(C)C1CCCCC1. The number of nitrogens with one attached hydrogen (secondary N) is 1. The van der Waals surface area contributed by atoms with E-state index in [9.17, 15) is 0 Å². The van der Waals surface area contributed by atoms with Crippen molar-refractivity contribution < 1.29 is 0 Å². The maximum absolute atomic E-state index is 5.82. The molecule has 0 aromatic rings. The molecule has 1 fully saturated rings. The van der Waals surface area contributed by atoms with E-state index < -0.39 is 0 Å². The zero-order chi connectivity index (χ0) is 12.9. The monoisotopic (exact) mass is 240 g/mol. The first-order valence-corrected chi connectivity index (χ1v) is 7.41. The van der Waals surface area contributed by atoms with Gasteiger partial charge in [-0.1, -0.05) is 47.0 Å². The maximum Gasteiger partial charge on any atom is 0.0213 e. The van der Waals surface area contributed by atoms with Crippen LogP contribution in [-0.4, -0.2) is 19.1 Å². The topological polar surface area (TPSA) is 38.0 Å². The fraction of sp³-hybridized carbons (Fsp3) is 1.00. The second kappa shape index (κ2) is 6.75. The van der Waals surface area contributed by atoms with Crippen molar-refractivity contribution in [2.75, 3.05) is 13.1 Å². The summed E-state index contributed by atoms with van der Waals surface area (Å²) in [4.78, 5) is 0. The highest BCUT2D eigenvalue weighted by molar-refractivity contribution is 4.84. The van der Waals surface area contributed by atoms with Crippen LogP contribution in [0.4, 0.5) is 0 Å². The second-order valence-electron chi connectivity index (χ2n) is 6.79. The Kier molecular flexibility index (Phi) is 5.94. The predicted molar refractivity (Wildman–Crippen MR) is 76.0 cm³/mol. The van der Waals surface area contributed by atoms with Crippen molar-refractivity contribution in [1.29, 1.82) is 0 Å². The molecular weight excluding hydrogens is 208 g/mol. The molecule has 1 rings (SSSR count). The summed E-state index contributed by atoms with van der Waals surface area (Å²) in [6.07, 6.45) is 7.14. The number of hydrogen-bond donors (Lipinski definition) is 2. The first kappa shape index (κ1) is 15.0. The van der Waals surface area contributed by atoms with Gasteiger partial charge < -0.3 is 11.1 Å². The number of hydrogen-bond acceptors (Lipinski definition) is 2. The zero-order valence-corrected chi connectivity index (χ0v) is 12.3. The Morgan fingerprint density at radius 1 is 1.18 bits per heavy atom. The van der Waals surface area contributed by atoms with Crippen LogP contribution in [0.5, 0.6) is 0 Å². The largest absolute Gasteiger partial charge is 0.329 e. The molecule has 1 unspecified atom stereocenters. The van der Waals surface area contributed by atoms with E-state index in [1.54, 1.807) is 0 Å². The molecule has 3 N–H and O–H groups in total. The second-order valence-corrected chi connectivity index (χ2v) is 6.79. The summed E-state index contributed by atoms with van der Waals surface area (Å²) in [5, 5.41) is 3.68. The molecule has 0 aromatic heterocycles. The van der Waals surface area contributed by atoms with Gasteiger partial charge in [0.1, 0.15) is 0 Å². The van der Waals surface area contributed by atoms with E-state index in [4.69, 9.17) is 5.73 Å². The smallest absolute Gasteiger partial charge is 0.0213 e. The summed E-state index contributed by atoms with van der Waals surface area (Å²) in [7, 11) is 0. The molecule has 1 aliphatic rings. The number of rotatable bonds is 6. The molecule has 0 heterocycles. The van der Waals surface area contributed by atoms with Crippen LogP contribution in [0, 0.1) is 17.3 Å². The fourth-order valence-corrected chi connectivity index (χ4v) is 3.01. The molecule has 0 aliphatic heterocycles. The third kappa shape index (κ3) is 4.59. The molecule has 0 radical (unpaired) electrons. The summed E-state index contributed by atoms with van der Waals surface area (Å²) >= 11 is 0. The van der Waals surface area contributed by atoms with Gasteiger partial charge in [0.05, 0.1) is 0 Å². The average Bonchev–Trinajstić information content (AvgIpc) is 2.30. The van der Waals surface area contributed by atoms with Crippen molar-refractivity contribution in [2.24, 2.45) is 23.0 Å². The van der Waals surface area contributed by atoms with Crippen LogP contribution in [0.3, 0.4) is 0 Å². The van der Waals surface area contributed by atoms with Crippen LogP contribution >= 0.6 is 0 Å². The van der Waals surface area contributed by atoms with E-state index in [1.807, 2.05) is 0 Å². The molecule has 0 saturated heterocycles. The van der Waals surface area contributed by atoms with Gasteiger partial charge in [0, 0.05) is 19.1 Å². The van der Waals surface area contributed by atoms with E-state index >= 15 is 0 Å². The molecule has 0 spiro atoms. The van der Waals surface area contributed by atoms with Crippen LogP contribution in [-0.2, 0) is 0 Å². The van der Waals surface area contributed by atoms with Gasteiger partial charge in [0.25, 0.3) is 0 Å². The normalized spacial score (nSPS) is 20.8. The third-order valence-corrected chi connectivity index (χ3v) is 4.59. The molecular formula is C15H32N2. The van der Waals surface area contributed by atoms with Crippen molar-refractivity contribution in [1.82, 2.24) is 5.32 Å². The van der Waals surface area contributed by atoms with Crippen LogP contribution < -0.4 is 11.1 Å². The van der Waals surface area contributed by atoms with Crippen molar-refractivity contribution >= 4 is 0 Å². The van der Waals surface area contributed by atoms with E-state index in [0.29, 0.717) is 17.4 Å².